The fraction of sp³-hybridized carbons (Fsp3) is 1.00. The number of likely N-dealkylation sites (tertiary alicyclic amines) is 1. The van der Waals surface area contributed by atoms with Crippen LogP contribution in [0.5, 0.6) is 0 Å². The van der Waals surface area contributed by atoms with E-state index in [4.69, 9.17) is 10.5 Å². The lowest BCUT2D eigenvalue weighted by Crippen LogP contribution is -2.47. The second kappa shape index (κ2) is 9.01. The summed E-state index contributed by atoms with van der Waals surface area (Å²) in [5, 5.41) is 0. The van der Waals surface area contributed by atoms with Crippen molar-refractivity contribution in [2.24, 2.45) is 5.73 Å². The summed E-state index contributed by atoms with van der Waals surface area (Å²) in [5.41, 5.74) is 6.54. The molecule has 3 heteroatoms. The first-order valence-electron chi connectivity index (χ1n) is 8.83. The van der Waals surface area contributed by atoms with Crippen LogP contribution in [0.15, 0.2) is 0 Å². The minimum Gasteiger partial charge on any atom is -0.380 e. The Hall–Kier alpha value is -0.120. The molecular formula is C17H34N2O. The summed E-state index contributed by atoms with van der Waals surface area (Å²) in [6, 6.07) is 0.958. The van der Waals surface area contributed by atoms with Crippen molar-refractivity contribution in [3.8, 4) is 0 Å². The van der Waals surface area contributed by atoms with E-state index >= 15 is 0 Å². The van der Waals surface area contributed by atoms with Gasteiger partial charge in [-0.05, 0) is 19.3 Å². The Balaban J connectivity index is 1.87. The highest BCUT2D eigenvalue weighted by Crippen LogP contribution is 2.24. The number of hydrogen-bond donors (Lipinski definition) is 1. The van der Waals surface area contributed by atoms with Gasteiger partial charge in [0.1, 0.15) is 0 Å². The van der Waals surface area contributed by atoms with Crippen molar-refractivity contribution in [3.05, 3.63) is 0 Å². The zero-order chi connectivity index (χ0) is 14.2. The highest BCUT2D eigenvalue weighted by molar-refractivity contribution is 4.88. The van der Waals surface area contributed by atoms with Gasteiger partial charge in [-0.1, -0.05) is 51.4 Å². The summed E-state index contributed by atoms with van der Waals surface area (Å²) in [5.74, 6) is 0. The average Bonchev–Trinajstić information content (AvgIpc) is 2.91. The molecule has 2 fully saturated rings. The lowest BCUT2D eigenvalue weighted by Gasteiger charge is -2.33. The van der Waals surface area contributed by atoms with Crippen molar-refractivity contribution < 1.29 is 4.74 Å². The van der Waals surface area contributed by atoms with E-state index in [1.165, 1.54) is 77.2 Å². The highest BCUT2D eigenvalue weighted by Gasteiger charge is 2.31. The van der Waals surface area contributed by atoms with E-state index in [1.807, 2.05) is 7.11 Å². The van der Waals surface area contributed by atoms with Gasteiger partial charge in [-0.25, -0.2) is 0 Å². The molecule has 0 aromatic heterocycles. The first kappa shape index (κ1) is 16.3. The Morgan fingerprint density at radius 2 is 1.45 bits per heavy atom. The van der Waals surface area contributed by atoms with Gasteiger partial charge in [-0.15, -0.1) is 0 Å². The predicted octanol–water partition coefficient (Wildman–Crippen LogP) is 3.32. The zero-order valence-corrected chi connectivity index (χ0v) is 13.4. The summed E-state index contributed by atoms with van der Waals surface area (Å²) < 4.78 is 5.52. The standard InChI is InChI=1S/C17H34N2O/c1-20-15-12-13-19(14-15)17-11-9-7-5-3-2-4-6-8-10-16(17)18/h15-17H,2-14,18H2,1H3. The van der Waals surface area contributed by atoms with Gasteiger partial charge >= 0.3 is 0 Å². The van der Waals surface area contributed by atoms with Crippen LogP contribution in [0.1, 0.15) is 70.6 Å². The molecule has 3 unspecified atom stereocenters. The minimum absolute atomic E-state index is 0.366. The second-order valence-corrected chi connectivity index (χ2v) is 6.78. The molecule has 0 radical (unpaired) electrons. The SMILES string of the molecule is COC1CCN(C2CCCCCCCCCCC2N)C1. The molecule has 1 saturated carbocycles. The smallest absolute Gasteiger partial charge is 0.0710 e. The van der Waals surface area contributed by atoms with Gasteiger partial charge in [-0.3, -0.25) is 4.90 Å². The first-order chi connectivity index (χ1) is 9.81. The van der Waals surface area contributed by atoms with Gasteiger partial charge in [0.25, 0.3) is 0 Å². The molecule has 3 nitrogen and oxygen atoms in total. The monoisotopic (exact) mass is 282 g/mol. The normalized spacial score (nSPS) is 35.4. The Kier molecular flexibility index (Phi) is 7.32. The van der Waals surface area contributed by atoms with Crippen molar-refractivity contribution >= 4 is 0 Å². The second-order valence-electron chi connectivity index (χ2n) is 6.78. The van der Waals surface area contributed by atoms with Crippen molar-refractivity contribution in [3.63, 3.8) is 0 Å². The molecule has 0 bridgehead atoms. The largest absolute Gasteiger partial charge is 0.380 e. The summed E-state index contributed by atoms with van der Waals surface area (Å²) in [6.45, 7) is 2.27. The van der Waals surface area contributed by atoms with Crippen molar-refractivity contribution in [1.82, 2.24) is 4.90 Å². The highest BCUT2D eigenvalue weighted by atomic mass is 16.5. The third kappa shape index (κ3) is 5.01. The molecule has 2 N–H and O–H groups in total. The molecule has 20 heavy (non-hydrogen) atoms. The lowest BCUT2D eigenvalue weighted by atomic mass is 9.93. The predicted molar refractivity (Wildman–Crippen MR) is 84.9 cm³/mol. The average molecular weight is 282 g/mol. The van der Waals surface area contributed by atoms with Crippen LogP contribution in [-0.2, 0) is 4.74 Å². The fourth-order valence-corrected chi connectivity index (χ4v) is 3.90. The molecule has 1 aliphatic carbocycles. The molecule has 2 aliphatic rings. The topological polar surface area (TPSA) is 38.5 Å². The summed E-state index contributed by atoms with van der Waals surface area (Å²) in [6.07, 6.45) is 15.2. The molecular weight excluding hydrogens is 248 g/mol. The minimum atomic E-state index is 0.366. The number of nitrogens with two attached hydrogens (primary N) is 1. The molecule has 1 aliphatic heterocycles. The summed E-state index contributed by atoms with van der Waals surface area (Å²) in [7, 11) is 1.84. The van der Waals surface area contributed by atoms with Crippen molar-refractivity contribution in [1.29, 1.82) is 0 Å². The molecule has 1 saturated heterocycles. The van der Waals surface area contributed by atoms with E-state index in [0.29, 0.717) is 18.2 Å². The van der Waals surface area contributed by atoms with Gasteiger partial charge in [0, 0.05) is 32.3 Å². The molecule has 3 atom stereocenters. The zero-order valence-electron chi connectivity index (χ0n) is 13.4. The maximum atomic E-state index is 6.54. The molecule has 1 heterocycles. The maximum absolute atomic E-state index is 6.54. The molecule has 118 valence electrons. The van der Waals surface area contributed by atoms with Crippen LogP contribution >= 0.6 is 0 Å². The number of rotatable bonds is 2. The van der Waals surface area contributed by atoms with E-state index in [1.54, 1.807) is 0 Å². The molecule has 0 aromatic carbocycles. The van der Waals surface area contributed by atoms with Crippen LogP contribution < -0.4 is 5.73 Å². The number of hydrogen-bond acceptors (Lipinski definition) is 3. The van der Waals surface area contributed by atoms with Crippen LogP contribution in [0, 0.1) is 0 Å². The van der Waals surface area contributed by atoms with E-state index in [2.05, 4.69) is 4.90 Å². The molecule has 0 spiro atoms. The number of nitrogens with zero attached hydrogens (tertiary/aromatic N) is 1. The van der Waals surface area contributed by atoms with E-state index in [9.17, 15) is 0 Å². The van der Waals surface area contributed by atoms with Crippen LogP contribution in [0.4, 0.5) is 0 Å². The Bertz CT molecular complexity index is 259. The third-order valence-corrected chi connectivity index (χ3v) is 5.26. The first-order valence-corrected chi connectivity index (χ1v) is 8.83. The maximum Gasteiger partial charge on any atom is 0.0710 e. The van der Waals surface area contributed by atoms with Crippen LogP contribution in [0.25, 0.3) is 0 Å². The van der Waals surface area contributed by atoms with E-state index < -0.39 is 0 Å². The number of methoxy groups -OCH3 is 1. The van der Waals surface area contributed by atoms with Crippen LogP contribution in [0.2, 0.25) is 0 Å². The summed E-state index contributed by atoms with van der Waals surface area (Å²) >= 11 is 0. The number of ether oxygens (including phenoxy) is 1. The quantitative estimate of drug-likeness (QED) is 0.844. The summed E-state index contributed by atoms with van der Waals surface area (Å²) in [4.78, 5) is 2.62. The van der Waals surface area contributed by atoms with E-state index in [0.717, 1.165) is 6.54 Å². The van der Waals surface area contributed by atoms with Crippen molar-refractivity contribution in [2.45, 2.75) is 88.8 Å². The molecule has 2 rings (SSSR count). The molecule has 0 amide bonds. The Morgan fingerprint density at radius 1 is 0.850 bits per heavy atom. The van der Waals surface area contributed by atoms with E-state index in [-0.39, 0.29) is 0 Å². The fourth-order valence-electron chi connectivity index (χ4n) is 3.90. The lowest BCUT2D eigenvalue weighted by molar-refractivity contribution is 0.0947. The Labute approximate surface area is 125 Å². The third-order valence-electron chi connectivity index (χ3n) is 5.26. The van der Waals surface area contributed by atoms with Gasteiger partial charge < -0.3 is 10.5 Å². The van der Waals surface area contributed by atoms with Crippen molar-refractivity contribution in [2.75, 3.05) is 20.2 Å². The van der Waals surface area contributed by atoms with Crippen LogP contribution in [0.3, 0.4) is 0 Å². The van der Waals surface area contributed by atoms with Gasteiger partial charge in [0.15, 0.2) is 0 Å². The van der Waals surface area contributed by atoms with Gasteiger partial charge in [0.2, 0.25) is 0 Å². The Morgan fingerprint density at radius 3 is 2.05 bits per heavy atom. The van der Waals surface area contributed by atoms with Gasteiger partial charge in [-0.2, -0.15) is 0 Å². The molecule has 0 aromatic rings. The van der Waals surface area contributed by atoms with Gasteiger partial charge in [0.05, 0.1) is 6.10 Å². The van der Waals surface area contributed by atoms with Crippen LogP contribution in [-0.4, -0.2) is 43.3 Å².